The second-order valence-corrected chi connectivity index (χ2v) is 6.70. The zero-order valence-corrected chi connectivity index (χ0v) is 20.0. The predicted octanol–water partition coefficient (Wildman–Crippen LogP) is 3.16. The number of amides is 1. The predicted molar refractivity (Wildman–Crippen MR) is 125 cm³/mol. The van der Waals surface area contributed by atoms with Crippen LogP contribution in [0.1, 0.15) is 45.1 Å². The Balaban J connectivity index is 0.00000420. The zero-order valence-electron chi connectivity index (χ0n) is 17.6. The number of rotatable bonds is 8. The van der Waals surface area contributed by atoms with Crippen LogP contribution >= 0.6 is 24.0 Å². The molecular formula is C20H34IN5O3. The molecule has 0 radical (unpaired) electrons. The molecule has 29 heavy (non-hydrogen) atoms. The number of hydrogen-bond acceptors (Lipinski definition) is 5. The van der Waals surface area contributed by atoms with Gasteiger partial charge in [-0.15, -0.1) is 24.0 Å². The first kappa shape index (κ1) is 25.3. The standard InChI is InChI=1S/C20H33N5O3.HI/c1-4-6-14-28-18-16(8-7-11-22-18)15-23-19(21-3)24-17-9-12-25(13-10-17)20(26)27-5-2;/h7-8,11,17H,4-6,9-10,12-15H2,1-3H3,(H2,21,23,24);1H. The van der Waals surface area contributed by atoms with Gasteiger partial charge in [0.1, 0.15) is 0 Å². The summed E-state index contributed by atoms with van der Waals surface area (Å²) in [5, 5.41) is 6.77. The van der Waals surface area contributed by atoms with Gasteiger partial charge in [0.05, 0.1) is 13.2 Å². The number of guanidine groups is 1. The Bertz CT molecular complexity index is 636. The maximum absolute atomic E-state index is 11.8. The van der Waals surface area contributed by atoms with Gasteiger partial charge in [-0.3, -0.25) is 4.99 Å². The average Bonchev–Trinajstić information content (AvgIpc) is 2.72. The van der Waals surface area contributed by atoms with Crippen LogP contribution in [0.3, 0.4) is 0 Å². The first-order valence-corrected chi connectivity index (χ1v) is 10.1. The number of nitrogens with one attached hydrogen (secondary N) is 2. The Hall–Kier alpha value is -1.78. The van der Waals surface area contributed by atoms with Gasteiger partial charge in [-0.25, -0.2) is 9.78 Å². The van der Waals surface area contributed by atoms with Crippen molar-refractivity contribution >= 4 is 36.0 Å². The minimum Gasteiger partial charge on any atom is -0.477 e. The summed E-state index contributed by atoms with van der Waals surface area (Å²) in [5.41, 5.74) is 0.999. The number of unbranched alkanes of at least 4 members (excludes halogenated alkanes) is 1. The molecule has 2 heterocycles. The molecule has 1 aliphatic heterocycles. The summed E-state index contributed by atoms with van der Waals surface area (Å²) in [6.45, 7) is 6.99. The molecule has 1 fully saturated rings. The van der Waals surface area contributed by atoms with Crippen LogP contribution in [-0.2, 0) is 11.3 Å². The maximum Gasteiger partial charge on any atom is 0.409 e. The molecule has 1 aromatic heterocycles. The van der Waals surface area contributed by atoms with Crippen LogP contribution in [0.4, 0.5) is 4.79 Å². The molecule has 1 aliphatic rings. The molecule has 0 atom stereocenters. The summed E-state index contributed by atoms with van der Waals surface area (Å²) < 4.78 is 10.9. The molecule has 1 amide bonds. The number of carbonyl (C=O) groups is 1. The third kappa shape index (κ3) is 8.63. The van der Waals surface area contributed by atoms with E-state index in [0.717, 1.165) is 37.2 Å². The lowest BCUT2D eigenvalue weighted by atomic mass is 10.1. The van der Waals surface area contributed by atoms with E-state index in [2.05, 4.69) is 27.5 Å². The fourth-order valence-corrected chi connectivity index (χ4v) is 2.99. The maximum atomic E-state index is 11.8. The number of nitrogens with zero attached hydrogens (tertiary/aromatic N) is 3. The second kappa shape index (κ2) is 14.2. The SMILES string of the molecule is CCCCOc1ncccc1CNC(=NC)NC1CCN(C(=O)OCC)CC1.I. The zero-order chi connectivity index (χ0) is 20.2. The topological polar surface area (TPSA) is 88.1 Å². The molecule has 2 rings (SSSR count). The van der Waals surface area contributed by atoms with Gasteiger partial charge in [-0.2, -0.15) is 0 Å². The van der Waals surface area contributed by atoms with Crippen molar-refractivity contribution in [2.45, 2.75) is 52.1 Å². The highest BCUT2D eigenvalue weighted by molar-refractivity contribution is 14.0. The van der Waals surface area contributed by atoms with Crippen molar-refractivity contribution in [2.24, 2.45) is 4.99 Å². The fourth-order valence-electron chi connectivity index (χ4n) is 2.99. The van der Waals surface area contributed by atoms with Gasteiger partial charge >= 0.3 is 6.09 Å². The summed E-state index contributed by atoms with van der Waals surface area (Å²) in [6, 6.07) is 4.18. The molecule has 0 unspecified atom stereocenters. The first-order valence-electron chi connectivity index (χ1n) is 10.1. The van der Waals surface area contributed by atoms with E-state index in [1.807, 2.05) is 19.1 Å². The van der Waals surface area contributed by atoms with Crippen LogP contribution in [0.25, 0.3) is 0 Å². The monoisotopic (exact) mass is 519 g/mol. The Morgan fingerprint density at radius 2 is 2.10 bits per heavy atom. The van der Waals surface area contributed by atoms with Crippen LogP contribution < -0.4 is 15.4 Å². The molecule has 1 aromatic rings. The first-order chi connectivity index (χ1) is 13.7. The van der Waals surface area contributed by atoms with Gasteiger partial charge in [0.15, 0.2) is 5.96 Å². The van der Waals surface area contributed by atoms with Crippen LogP contribution in [-0.4, -0.2) is 61.3 Å². The number of piperidine rings is 1. The summed E-state index contributed by atoms with van der Waals surface area (Å²) in [7, 11) is 1.75. The lowest BCUT2D eigenvalue weighted by Gasteiger charge is -2.32. The van der Waals surface area contributed by atoms with E-state index in [-0.39, 0.29) is 36.1 Å². The van der Waals surface area contributed by atoms with Crippen molar-refractivity contribution in [3.05, 3.63) is 23.9 Å². The molecular weight excluding hydrogens is 485 g/mol. The molecule has 9 heteroatoms. The van der Waals surface area contributed by atoms with Gasteiger partial charge < -0.3 is 25.0 Å². The molecule has 1 saturated heterocycles. The third-order valence-electron chi connectivity index (χ3n) is 4.62. The second-order valence-electron chi connectivity index (χ2n) is 6.70. The van der Waals surface area contributed by atoms with Crippen LogP contribution in [0, 0.1) is 0 Å². The number of aliphatic imine (C=N–C) groups is 1. The van der Waals surface area contributed by atoms with E-state index < -0.39 is 0 Å². The molecule has 8 nitrogen and oxygen atoms in total. The summed E-state index contributed by atoms with van der Waals surface area (Å²) in [6.07, 6.45) is 5.34. The summed E-state index contributed by atoms with van der Waals surface area (Å²) in [4.78, 5) is 22.2. The van der Waals surface area contributed by atoms with Crippen LogP contribution in [0.2, 0.25) is 0 Å². The van der Waals surface area contributed by atoms with E-state index in [9.17, 15) is 4.79 Å². The summed E-state index contributed by atoms with van der Waals surface area (Å²) in [5.74, 6) is 1.40. The van der Waals surface area contributed by atoms with Crippen molar-refractivity contribution < 1.29 is 14.3 Å². The van der Waals surface area contributed by atoms with Crippen molar-refractivity contribution in [1.29, 1.82) is 0 Å². The van der Waals surface area contributed by atoms with Crippen LogP contribution in [0.5, 0.6) is 5.88 Å². The number of halogens is 1. The van der Waals surface area contributed by atoms with Crippen LogP contribution in [0.15, 0.2) is 23.3 Å². The highest BCUT2D eigenvalue weighted by Crippen LogP contribution is 2.15. The average molecular weight is 519 g/mol. The van der Waals surface area contributed by atoms with Gasteiger partial charge in [0.25, 0.3) is 0 Å². The molecule has 0 saturated carbocycles. The largest absolute Gasteiger partial charge is 0.477 e. The van der Waals surface area contributed by atoms with E-state index in [0.29, 0.717) is 38.7 Å². The lowest BCUT2D eigenvalue weighted by molar-refractivity contribution is 0.0963. The number of hydrogen-bond donors (Lipinski definition) is 2. The van der Waals surface area contributed by atoms with Gasteiger partial charge in [0.2, 0.25) is 5.88 Å². The van der Waals surface area contributed by atoms with Gasteiger partial charge in [0, 0.05) is 44.5 Å². The Kier molecular flexibility index (Phi) is 12.4. The van der Waals surface area contributed by atoms with E-state index in [4.69, 9.17) is 9.47 Å². The molecule has 0 aromatic carbocycles. The number of ether oxygens (including phenoxy) is 2. The van der Waals surface area contributed by atoms with Gasteiger partial charge in [-0.05, 0) is 32.3 Å². The number of carbonyl (C=O) groups excluding carboxylic acids is 1. The highest BCUT2D eigenvalue weighted by atomic mass is 127. The normalized spacial score (nSPS) is 14.7. The van der Waals surface area contributed by atoms with E-state index in [1.165, 1.54) is 0 Å². The fraction of sp³-hybridized carbons (Fsp3) is 0.650. The van der Waals surface area contributed by atoms with E-state index >= 15 is 0 Å². The Morgan fingerprint density at radius 1 is 1.34 bits per heavy atom. The highest BCUT2D eigenvalue weighted by Gasteiger charge is 2.24. The lowest BCUT2D eigenvalue weighted by Crippen LogP contribution is -2.49. The molecule has 164 valence electrons. The number of pyridine rings is 1. The molecule has 0 bridgehead atoms. The Labute approximate surface area is 190 Å². The van der Waals surface area contributed by atoms with Crippen molar-refractivity contribution in [3.8, 4) is 5.88 Å². The summed E-state index contributed by atoms with van der Waals surface area (Å²) >= 11 is 0. The minimum atomic E-state index is -0.226. The molecule has 2 N–H and O–H groups in total. The van der Waals surface area contributed by atoms with Crippen molar-refractivity contribution in [3.63, 3.8) is 0 Å². The van der Waals surface area contributed by atoms with Crippen molar-refractivity contribution in [1.82, 2.24) is 20.5 Å². The number of likely N-dealkylation sites (tertiary alicyclic amines) is 1. The third-order valence-corrected chi connectivity index (χ3v) is 4.62. The molecule has 0 aliphatic carbocycles. The van der Waals surface area contributed by atoms with Gasteiger partial charge in [-0.1, -0.05) is 19.4 Å². The minimum absolute atomic E-state index is 0. The number of aromatic nitrogens is 1. The molecule has 0 spiro atoms. The Morgan fingerprint density at radius 3 is 2.76 bits per heavy atom. The van der Waals surface area contributed by atoms with E-state index in [1.54, 1.807) is 18.1 Å². The van der Waals surface area contributed by atoms with Crippen molar-refractivity contribution in [2.75, 3.05) is 33.4 Å². The quantitative estimate of drug-likeness (QED) is 0.238. The smallest absolute Gasteiger partial charge is 0.409 e.